The summed E-state index contributed by atoms with van der Waals surface area (Å²) in [6.45, 7) is 1.39. The molecule has 3 atom stereocenters. The second kappa shape index (κ2) is 12.4. The Kier molecular flexibility index (Phi) is 8.96. The Balaban J connectivity index is 1.35. The van der Waals surface area contributed by atoms with Crippen LogP contribution in [0.2, 0.25) is 0 Å². The highest BCUT2D eigenvalue weighted by molar-refractivity contribution is 7.92. The van der Waals surface area contributed by atoms with Crippen LogP contribution in [0.5, 0.6) is 0 Å². The Labute approximate surface area is 258 Å². The van der Waals surface area contributed by atoms with Crippen molar-refractivity contribution in [3.05, 3.63) is 88.7 Å². The minimum absolute atomic E-state index is 0.192. The van der Waals surface area contributed by atoms with Crippen LogP contribution in [0.4, 0.5) is 28.9 Å². The van der Waals surface area contributed by atoms with E-state index >= 15 is 0 Å². The van der Waals surface area contributed by atoms with E-state index in [4.69, 9.17) is 0 Å². The molecule has 1 heterocycles. The van der Waals surface area contributed by atoms with E-state index in [1.54, 1.807) is 36.4 Å². The fraction of sp³-hybridized carbons (Fsp3) is 0.375. The van der Waals surface area contributed by atoms with Gasteiger partial charge in [-0.15, -0.1) is 0 Å². The van der Waals surface area contributed by atoms with Gasteiger partial charge in [-0.3, -0.25) is 13.9 Å². The lowest BCUT2D eigenvalue weighted by molar-refractivity contribution is -0.148. The van der Waals surface area contributed by atoms with Crippen molar-refractivity contribution in [1.82, 2.24) is 4.90 Å². The van der Waals surface area contributed by atoms with E-state index in [0.717, 1.165) is 23.7 Å². The summed E-state index contributed by atoms with van der Waals surface area (Å²) in [7, 11) is -0.465. The molecule has 1 saturated carbocycles. The third kappa shape index (κ3) is 6.55. The number of carboxylic acid groups (broad SMARTS) is 1. The summed E-state index contributed by atoms with van der Waals surface area (Å²) < 4.78 is 81.7. The number of sulfonamides is 1. The molecule has 0 aromatic heterocycles. The van der Waals surface area contributed by atoms with Gasteiger partial charge in [0.25, 0.3) is 10.0 Å². The monoisotopic (exact) mass is 647 g/mol. The van der Waals surface area contributed by atoms with E-state index in [1.165, 1.54) is 11.4 Å². The zero-order valence-corrected chi connectivity index (χ0v) is 25.5. The Hall–Kier alpha value is -3.97. The van der Waals surface area contributed by atoms with Crippen LogP contribution in [0, 0.1) is 17.7 Å². The van der Waals surface area contributed by atoms with Crippen LogP contribution in [0.25, 0.3) is 0 Å². The molecule has 1 aliphatic carbocycles. The van der Waals surface area contributed by atoms with Crippen LogP contribution in [0.15, 0.2) is 65.6 Å². The van der Waals surface area contributed by atoms with E-state index in [9.17, 15) is 40.7 Å². The van der Waals surface area contributed by atoms with Crippen LogP contribution < -0.4 is 9.62 Å². The zero-order chi connectivity index (χ0) is 32.7. The van der Waals surface area contributed by atoms with Gasteiger partial charge in [-0.2, -0.15) is 13.2 Å². The van der Waals surface area contributed by atoms with Crippen molar-refractivity contribution in [3.63, 3.8) is 0 Å². The minimum atomic E-state index is -4.76. The Morgan fingerprint density at radius 1 is 1.04 bits per heavy atom. The number of nitrogens with one attached hydrogen (secondary N) is 1. The first-order chi connectivity index (χ1) is 21.2. The number of anilines is 2. The Morgan fingerprint density at radius 3 is 2.40 bits per heavy atom. The number of hydrogen-bond donors (Lipinski definition) is 2. The highest BCUT2D eigenvalue weighted by Gasteiger charge is 2.43. The van der Waals surface area contributed by atoms with Gasteiger partial charge >= 0.3 is 12.1 Å². The standard InChI is InChI=1S/C32H33F4N3O5S/c1-38-16-15-23-20(18-38)5-3-8-28(23)45(43,44)39(2)22-12-9-19(10-13-22)24-6-4-7-25(29(24)31(41)42)30(40)37-27-14-11-21(17-26(27)33)32(34,35)36/h3,5,8-14,17,24-25,29H,4,6-7,15-16,18H2,1-2H3,(H,37,40)(H,41,42)/t24-,25-,29-/m1/s1. The Morgan fingerprint density at radius 2 is 1.76 bits per heavy atom. The van der Waals surface area contributed by atoms with Crippen molar-refractivity contribution < 1.29 is 40.7 Å². The second-order valence-electron chi connectivity index (χ2n) is 11.6. The average Bonchev–Trinajstić information content (AvgIpc) is 3.00. The molecule has 45 heavy (non-hydrogen) atoms. The molecule has 1 aliphatic heterocycles. The number of carboxylic acids is 1. The molecule has 0 radical (unpaired) electrons. The van der Waals surface area contributed by atoms with E-state index in [1.807, 2.05) is 13.1 Å². The number of likely N-dealkylation sites (N-methyl/N-ethyl adjacent to an activating group) is 1. The number of rotatable bonds is 7. The van der Waals surface area contributed by atoms with Crippen molar-refractivity contribution in [2.24, 2.45) is 11.8 Å². The topological polar surface area (TPSA) is 107 Å². The van der Waals surface area contributed by atoms with Gasteiger partial charge in [-0.1, -0.05) is 30.7 Å². The molecule has 0 unspecified atom stereocenters. The summed E-state index contributed by atoms with van der Waals surface area (Å²) >= 11 is 0. The zero-order valence-electron chi connectivity index (χ0n) is 24.6. The fourth-order valence-electron chi connectivity index (χ4n) is 6.40. The molecule has 5 rings (SSSR count). The van der Waals surface area contributed by atoms with Gasteiger partial charge in [-0.25, -0.2) is 12.8 Å². The molecule has 13 heteroatoms. The normalized spacial score (nSPS) is 20.7. The van der Waals surface area contributed by atoms with Crippen LogP contribution in [-0.2, 0) is 38.8 Å². The van der Waals surface area contributed by atoms with E-state index in [2.05, 4.69) is 10.2 Å². The number of fused-ring (bicyclic) bond motifs is 1. The number of carbonyl (C=O) groups excluding carboxylic acids is 1. The summed E-state index contributed by atoms with van der Waals surface area (Å²) in [5.41, 5.74) is 1.04. The molecule has 2 aliphatic rings. The van der Waals surface area contributed by atoms with E-state index in [0.29, 0.717) is 43.1 Å². The van der Waals surface area contributed by atoms with E-state index in [-0.39, 0.29) is 17.4 Å². The fourth-order valence-corrected chi connectivity index (χ4v) is 7.89. The number of hydrogen-bond acceptors (Lipinski definition) is 5. The lowest BCUT2D eigenvalue weighted by atomic mass is 9.69. The highest BCUT2D eigenvalue weighted by Crippen LogP contribution is 2.43. The maximum atomic E-state index is 14.4. The molecular formula is C32H33F4N3O5S. The molecule has 0 bridgehead atoms. The van der Waals surface area contributed by atoms with Crippen molar-refractivity contribution >= 4 is 33.3 Å². The summed E-state index contributed by atoms with van der Waals surface area (Å²) in [5.74, 6) is -6.21. The van der Waals surface area contributed by atoms with Gasteiger partial charge in [0.05, 0.1) is 33.7 Å². The van der Waals surface area contributed by atoms with Crippen LogP contribution in [-0.4, -0.2) is 50.9 Å². The number of alkyl halides is 3. The first kappa shape index (κ1) is 32.4. The molecule has 2 N–H and O–H groups in total. The second-order valence-corrected chi connectivity index (χ2v) is 13.6. The predicted octanol–water partition coefficient (Wildman–Crippen LogP) is 5.88. The van der Waals surface area contributed by atoms with Gasteiger partial charge in [0.15, 0.2) is 0 Å². The van der Waals surface area contributed by atoms with Gasteiger partial charge in [0.1, 0.15) is 5.82 Å². The lowest BCUT2D eigenvalue weighted by Gasteiger charge is -2.35. The maximum absolute atomic E-state index is 14.4. The van der Waals surface area contributed by atoms with Gasteiger partial charge < -0.3 is 15.3 Å². The van der Waals surface area contributed by atoms with Crippen molar-refractivity contribution in [2.45, 2.75) is 49.2 Å². The molecule has 3 aromatic rings. The highest BCUT2D eigenvalue weighted by atomic mass is 32.2. The molecule has 1 fully saturated rings. The number of halogens is 4. The number of carbonyl (C=O) groups is 2. The number of amides is 1. The van der Waals surface area contributed by atoms with Crippen molar-refractivity contribution in [2.75, 3.05) is 30.3 Å². The number of benzene rings is 3. The number of nitrogens with zero attached hydrogens (tertiary/aromatic N) is 2. The van der Waals surface area contributed by atoms with Gasteiger partial charge in [-0.05, 0) is 85.3 Å². The molecule has 8 nitrogen and oxygen atoms in total. The smallest absolute Gasteiger partial charge is 0.416 e. The van der Waals surface area contributed by atoms with Crippen molar-refractivity contribution in [3.8, 4) is 0 Å². The molecule has 0 spiro atoms. The van der Waals surface area contributed by atoms with Crippen molar-refractivity contribution in [1.29, 1.82) is 0 Å². The first-order valence-electron chi connectivity index (χ1n) is 14.5. The maximum Gasteiger partial charge on any atom is 0.416 e. The van der Waals surface area contributed by atoms with Crippen LogP contribution >= 0.6 is 0 Å². The number of aliphatic carboxylic acids is 1. The minimum Gasteiger partial charge on any atom is -0.481 e. The summed E-state index contributed by atoms with van der Waals surface area (Å²) in [4.78, 5) is 28.0. The third-order valence-corrected chi connectivity index (χ3v) is 10.7. The van der Waals surface area contributed by atoms with Gasteiger partial charge in [0.2, 0.25) is 5.91 Å². The Bertz CT molecular complexity index is 1710. The molecular weight excluding hydrogens is 614 g/mol. The third-order valence-electron chi connectivity index (χ3n) is 8.81. The quantitative estimate of drug-likeness (QED) is 0.311. The average molecular weight is 648 g/mol. The summed E-state index contributed by atoms with van der Waals surface area (Å²) in [5, 5.41) is 12.4. The molecule has 240 valence electrons. The SMILES string of the molecule is CN1CCc2c(cccc2S(=O)(=O)N(C)c2ccc([C@H]3CCC[C@@H](C(=O)Nc4ccc(C(F)(F)F)cc4F)[C@@H]3C(=O)O)cc2)C1. The summed E-state index contributed by atoms with van der Waals surface area (Å²) in [6.07, 6.45) is -3.05. The largest absolute Gasteiger partial charge is 0.481 e. The molecule has 0 saturated heterocycles. The van der Waals surface area contributed by atoms with Crippen LogP contribution in [0.1, 0.15) is 47.4 Å². The van der Waals surface area contributed by atoms with Crippen LogP contribution in [0.3, 0.4) is 0 Å². The van der Waals surface area contributed by atoms with E-state index < -0.39 is 62.9 Å². The summed E-state index contributed by atoms with van der Waals surface area (Å²) in [6, 6.07) is 13.5. The first-order valence-corrected chi connectivity index (χ1v) is 15.9. The van der Waals surface area contributed by atoms with Gasteiger partial charge in [0, 0.05) is 20.1 Å². The lowest BCUT2D eigenvalue weighted by Crippen LogP contribution is -2.40. The predicted molar refractivity (Wildman–Crippen MR) is 160 cm³/mol. The molecule has 3 aromatic carbocycles. The molecule has 1 amide bonds.